The van der Waals surface area contributed by atoms with Crippen LogP contribution >= 0.6 is 0 Å². The normalized spacial score (nSPS) is 10.9. The first-order valence-electron chi connectivity index (χ1n) is 6.15. The summed E-state index contributed by atoms with van der Waals surface area (Å²) in [4.78, 5) is 4.14. The maximum atomic E-state index is 5.53. The van der Waals surface area contributed by atoms with Gasteiger partial charge in [-0.2, -0.15) is 0 Å². The topological polar surface area (TPSA) is 53.1 Å². The van der Waals surface area contributed by atoms with Crippen molar-refractivity contribution in [2.24, 2.45) is 5.73 Å². The zero-order chi connectivity index (χ0) is 11.6. The third-order valence-electron chi connectivity index (χ3n) is 2.53. The molecule has 0 spiro atoms. The van der Waals surface area contributed by atoms with E-state index in [4.69, 9.17) is 10.5 Å². The highest BCUT2D eigenvalue weighted by Gasteiger charge is 2.00. The number of aryl methyl sites for hydroxylation is 1. The van der Waals surface area contributed by atoms with Gasteiger partial charge in [-0.3, -0.25) is 0 Å². The van der Waals surface area contributed by atoms with Crippen molar-refractivity contribution in [2.75, 3.05) is 19.8 Å². The van der Waals surface area contributed by atoms with E-state index < -0.39 is 0 Å². The second-order valence-corrected chi connectivity index (χ2v) is 3.94. The van der Waals surface area contributed by atoms with E-state index in [9.17, 15) is 0 Å². The van der Waals surface area contributed by atoms with E-state index in [1.54, 1.807) is 0 Å². The third-order valence-corrected chi connectivity index (χ3v) is 2.53. The Bertz CT molecular complexity index is 273. The predicted octanol–water partition coefficient (Wildman–Crippen LogP) is 1.59. The lowest BCUT2D eigenvalue weighted by molar-refractivity contribution is 0.126. The molecule has 0 aliphatic rings. The molecular formula is C12H23N3O. The van der Waals surface area contributed by atoms with Gasteiger partial charge in [-0.15, -0.1) is 0 Å². The second kappa shape index (κ2) is 8.30. The van der Waals surface area contributed by atoms with Gasteiger partial charge in [-0.1, -0.05) is 13.3 Å². The number of ether oxygens (including phenoxy) is 1. The summed E-state index contributed by atoms with van der Waals surface area (Å²) in [6.07, 6.45) is 8.06. The lowest BCUT2D eigenvalue weighted by Gasteiger charge is -2.07. The Labute approximate surface area is 97.8 Å². The van der Waals surface area contributed by atoms with E-state index in [0.717, 1.165) is 39.0 Å². The van der Waals surface area contributed by atoms with Crippen molar-refractivity contribution in [3.05, 3.63) is 18.2 Å². The van der Waals surface area contributed by atoms with Crippen molar-refractivity contribution < 1.29 is 4.74 Å². The van der Waals surface area contributed by atoms with Crippen LogP contribution in [0.25, 0.3) is 0 Å². The summed E-state index contributed by atoms with van der Waals surface area (Å²) < 4.78 is 7.68. The fourth-order valence-electron chi connectivity index (χ4n) is 1.59. The van der Waals surface area contributed by atoms with Crippen LogP contribution in [0.1, 0.15) is 31.9 Å². The van der Waals surface area contributed by atoms with E-state index in [0.29, 0.717) is 6.54 Å². The molecule has 0 unspecified atom stereocenters. The number of aromatic nitrogens is 2. The van der Waals surface area contributed by atoms with Gasteiger partial charge in [0.15, 0.2) is 0 Å². The molecule has 0 fully saturated rings. The SMILES string of the molecule is CCCCOCCCn1cncc1CCN. The number of nitrogens with zero attached hydrogens (tertiary/aromatic N) is 2. The summed E-state index contributed by atoms with van der Waals surface area (Å²) in [5, 5.41) is 0. The molecule has 16 heavy (non-hydrogen) atoms. The zero-order valence-corrected chi connectivity index (χ0v) is 10.2. The van der Waals surface area contributed by atoms with Gasteiger partial charge >= 0.3 is 0 Å². The van der Waals surface area contributed by atoms with Crippen molar-refractivity contribution in [3.8, 4) is 0 Å². The van der Waals surface area contributed by atoms with E-state index in [-0.39, 0.29) is 0 Å². The Balaban J connectivity index is 2.13. The van der Waals surface area contributed by atoms with Gasteiger partial charge in [0, 0.05) is 38.1 Å². The highest BCUT2D eigenvalue weighted by atomic mass is 16.5. The lowest BCUT2D eigenvalue weighted by Crippen LogP contribution is -2.10. The smallest absolute Gasteiger partial charge is 0.0948 e. The molecule has 1 aromatic rings. The Morgan fingerprint density at radius 1 is 1.38 bits per heavy atom. The molecule has 92 valence electrons. The molecule has 0 aliphatic heterocycles. The van der Waals surface area contributed by atoms with E-state index in [2.05, 4.69) is 16.5 Å². The van der Waals surface area contributed by atoms with Crippen molar-refractivity contribution in [1.82, 2.24) is 9.55 Å². The molecule has 0 aromatic carbocycles. The molecule has 0 saturated carbocycles. The average Bonchev–Trinajstić information content (AvgIpc) is 2.72. The fourth-order valence-corrected chi connectivity index (χ4v) is 1.59. The van der Waals surface area contributed by atoms with Gasteiger partial charge in [0.25, 0.3) is 0 Å². The first-order chi connectivity index (χ1) is 7.88. The maximum Gasteiger partial charge on any atom is 0.0948 e. The zero-order valence-electron chi connectivity index (χ0n) is 10.2. The van der Waals surface area contributed by atoms with Crippen molar-refractivity contribution in [3.63, 3.8) is 0 Å². The first-order valence-corrected chi connectivity index (χ1v) is 6.15. The van der Waals surface area contributed by atoms with Crippen LogP contribution in [0.3, 0.4) is 0 Å². The third kappa shape index (κ3) is 4.77. The molecule has 0 atom stereocenters. The highest BCUT2D eigenvalue weighted by molar-refractivity contribution is 4.98. The molecule has 4 heteroatoms. The van der Waals surface area contributed by atoms with Crippen LogP contribution < -0.4 is 5.73 Å². The van der Waals surface area contributed by atoms with E-state index >= 15 is 0 Å². The average molecular weight is 225 g/mol. The summed E-state index contributed by atoms with van der Waals surface area (Å²) in [6, 6.07) is 0. The molecule has 0 saturated heterocycles. The van der Waals surface area contributed by atoms with Crippen LogP contribution in [0, 0.1) is 0 Å². The quantitative estimate of drug-likeness (QED) is 0.649. The predicted molar refractivity (Wildman–Crippen MR) is 65.3 cm³/mol. The van der Waals surface area contributed by atoms with Crippen molar-refractivity contribution >= 4 is 0 Å². The largest absolute Gasteiger partial charge is 0.381 e. The molecule has 0 radical (unpaired) electrons. The number of hydrogen-bond acceptors (Lipinski definition) is 3. The van der Waals surface area contributed by atoms with E-state index in [1.165, 1.54) is 12.1 Å². The molecule has 0 bridgehead atoms. The number of imidazole rings is 1. The minimum atomic E-state index is 0.679. The second-order valence-electron chi connectivity index (χ2n) is 3.94. The molecular weight excluding hydrogens is 202 g/mol. The maximum absolute atomic E-state index is 5.53. The molecule has 1 rings (SSSR count). The van der Waals surface area contributed by atoms with Crippen LogP contribution in [0.5, 0.6) is 0 Å². The molecule has 4 nitrogen and oxygen atoms in total. The molecule has 0 aliphatic carbocycles. The van der Waals surface area contributed by atoms with E-state index in [1.807, 2.05) is 12.5 Å². The summed E-state index contributed by atoms with van der Waals surface area (Å²) in [7, 11) is 0. The molecule has 2 N–H and O–H groups in total. The number of nitrogens with two attached hydrogens (primary N) is 1. The lowest BCUT2D eigenvalue weighted by atomic mass is 10.3. The monoisotopic (exact) mass is 225 g/mol. The van der Waals surface area contributed by atoms with Gasteiger partial charge in [0.1, 0.15) is 0 Å². The molecule has 1 heterocycles. The van der Waals surface area contributed by atoms with Crippen LogP contribution in [0.2, 0.25) is 0 Å². The first kappa shape index (κ1) is 13.2. The van der Waals surface area contributed by atoms with Crippen molar-refractivity contribution in [2.45, 2.75) is 39.2 Å². The van der Waals surface area contributed by atoms with Gasteiger partial charge in [-0.25, -0.2) is 4.98 Å². The minimum Gasteiger partial charge on any atom is -0.381 e. The van der Waals surface area contributed by atoms with Gasteiger partial charge in [0.05, 0.1) is 6.33 Å². The Morgan fingerprint density at radius 2 is 2.19 bits per heavy atom. The Kier molecular flexibility index (Phi) is 6.85. The summed E-state index contributed by atoms with van der Waals surface area (Å²) in [5.74, 6) is 0. The Hall–Kier alpha value is -0.870. The Morgan fingerprint density at radius 3 is 2.94 bits per heavy atom. The molecule has 0 amide bonds. The van der Waals surface area contributed by atoms with Gasteiger partial charge in [0.2, 0.25) is 0 Å². The van der Waals surface area contributed by atoms with Crippen LogP contribution in [0.15, 0.2) is 12.5 Å². The fraction of sp³-hybridized carbons (Fsp3) is 0.750. The van der Waals surface area contributed by atoms with Gasteiger partial charge in [-0.05, 0) is 19.4 Å². The number of rotatable bonds is 9. The summed E-state index contributed by atoms with van der Waals surface area (Å²) in [6.45, 7) is 5.55. The minimum absolute atomic E-state index is 0.679. The van der Waals surface area contributed by atoms with Crippen LogP contribution in [-0.2, 0) is 17.7 Å². The van der Waals surface area contributed by atoms with Crippen LogP contribution in [0.4, 0.5) is 0 Å². The highest BCUT2D eigenvalue weighted by Crippen LogP contribution is 2.01. The molecule has 1 aromatic heterocycles. The summed E-state index contributed by atoms with van der Waals surface area (Å²) >= 11 is 0. The van der Waals surface area contributed by atoms with Crippen molar-refractivity contribution in [1.29, 1.82) is 0 Å². The van der Waals surface area contributed by atoms with Gasteiger partial charge < -0.3 is 15.0 Å². The number of unbranched alkanes of at least 4 members (excludes halogenated alkanes) is 1. The number of hydrogen-bond donors (Lipinski definition) is 1. The summed E-state index contributed by atoms with van der Waals surface area (Å²) in [5.41, 5.74) is 6.75. The standard InChI is InChI=1S/C12H23N3O/c1-2-3-8-16-9-4-7-15-11-14-10-12(15)5-6-13/h10-11H,2-9,13H2,1H3. The van der Waals surface area contributed by atoms with Crippen LogP contribution in [-0.4, -0.2) is 29.3 Å².